The van der Waals surface area contributed by atoms with Crippen LogP contribution in [0.1, 0.15) is 35.1 Å². The molecule has 6 nitrogen and oxygen atoms in total. The van der Waals surface area contributed by atoms with Crippen LogP contribution in [0, 0.1) is 11.3 Å². The van der Waals surface area contributed by atoms with Gasteiger partial charge in [0.15, 0.2) is 0 Å². The number of nitrogens with zero attached hydrogens (tertiary/aromatic N) is 1. The molecule has 1 aliphatic rings. The largest absolute Gasteiger partial charge is 0.497 e. The Morgan fingerprint density at radius 1 is 1.09 bits per heavy atom. The normalized spacial score (nSPS) is 14.8. The van der Waals surface area contributed by atoms with Crippen LogP contribution in [0.15, 0.2) is 84.3 Å². The maximum Gasteiger partial charge on any atom is 0.336 e. The lowest BCUT2D eigenvalue weighted by atomic mass is 9.83. The lowest BCUT2D eigenvalue weighted by Crippen LogP contribution is -2.21. The van der Waals surface area contributed by atoms with Gasteiger partial charge in [0.25, 0.3) is 0 Å². The van der Waals surface area contributed by atoms with Crippen molar-refractivity contribution in [3.63, 3.8) is 0 Å². The number of nitriles is 1. The van der Waals surface area contributed by atoms with Crippen molar-refractivity contribution in [2.24, 2.45) is 5.73 Å². The van der Waals surface area contributed by atoms with E-state index in [1.807, 2.05) is 48.5 Å². The zero-order valence-electron chi connectivity index (χ0n) is 18.9. The Balaban J connectivity index is 1.56. The molecule has 0 saturated carbocycles. The number of ether oxygens (including phenoxy) is 3. The first-order valence-corrected chi connectivity index (χ1v) is 10.9. The lowest BCUT2D eigenvalue weighted by Gasteiger charge is -2.26. The highest BCUT2D eigenvalue weighted by atomic mass is 16.5. The van der Waals surface area contributed by atoms with Gasteiger partial charge >= 0.3 is 5.97 Å². The van der Waals surface area contributed by atoms with E-state index in [0.717, 1.165) is 28.9 Å². The van der Waals surface area contributed by atoms with Crippen molar-refractivity contribution in [3.8, 4) is 23.3 Å². The van der Waals surface area contributed by atoms with Crippen molar-refractivity contribution in [2.45, 2.75) is 19.3 Å². The van der Waals surface area contributed by atoms with Crippen molar-refractivity contribution >= 4 is 12.0 Å². The van der Waals surface area contributed by atoms with Crippen LogP contribution in [0.5, 0.6) is 17.2 Å². The highest BCUT2D eigenvalue weighted by Crippen LogP contribution is 2.43. The number of hydrogen-bond acceptors (Lipinski definition) is 6. The standard InChI is InChI=1S/C28H24N2O4/c1-3-18-4-9-20(10-5-18)27-23-14-13-22(16-25(23)34-28(30)24(27)17-29)33-26(31)15-8-19-6-11-21(32-2)12-7-19/h4-16,27H,3,30H2,1-2H3/b15-8+. The molecule has 0 aliphatic carbocycles. The summed E-state index contributed by atoms with van der Waals surface area (Å²) in [4.78, 5) is 12.3. The lowest BCUT2D eigenvalue weighted by molar-refractivity contribution is -0.128. The Morgan fingerprint density at radius 3 is 2.44 bits per heavy atom. The third-order valence-corrected chi connectivity index (χ3v) is 5.66. The molecule has 0 aromatic heterocycles. The fourth-order valence-corrected chi connectivity index (χ4v) is 3.82. The smallest absolute Gasteiger partial charge is 0.336 e. The van der Waals surface area contributed by atoms with Gasteiger partial charge in [-0.15, -0.1) is 0 Å². The number of benzene rings is 3. The number of allylic oxidation sites excluding steroid dienone is 1. The number of methoxy groups -OCH3 is 1. The molecule has 0 amide bonds. The molecular weight excluding hydrogens is 428 g/mol. The predicted molar refractivity (Wildman–Crippen MR) is 129 cm³/mol. The fraction of sp³-hybridized carbons (Fsp3) is 0.143. The predicted octanol–water partition coefficient (Wildman–Crippen LogP) is 5.09. The maximum atomic E-state index is 12.3. The van der Waals surface area contributed by atoms with Gasteiger partial charge in [-0.1, -0.05) is 49.4 Å². The minimum Gasteiger partial charge on any atom is -0.497 e. The van der Waals surface area contributed by atoms with Gasteiger partial charge in [-0.05, 0) is 47.4 Å². The molecule has 1 heterocycles. The second kappa shape index (κ2) is 9.97. The van der Waals surface area contributed by atoms with E-state index < -0.39 is 5.97 Å². The first kappa shape index (κ1) is 22.7. The number of carbonyl (C=O) groups excluding carboxylic acids is 1. The van der Waals surface area contributed by atoms with Gasteiger partial charge in [0.1, 0.15) is 28.9 Å². The summed E-state index contributed by atoms with van der Waals surface area (Å²) in [6, 6.07) is 22.7. The van der Waals surface area contributed by atoms with Gasteiger partial charge in [0.05, 0.1) is 13.0 Å². The maximum absolute atomic E-state index is 12.3. The Morgan fingerprint density at radius 2 is 1.79 bits per heavy atom. The highest BCUT2D eigenvalue weighted by molar-refractivity contribution is 5.88. The Labute approximate surface area is 198 Å². The van der Waals surface area contributed by atoms with Crippen LogP contribution in [0.3, 0.4) is 0 Å². The van der Waals surface area contributed by atoms with Gasteiger partial charge < -0.3 is 19.9 Å². The van der Waals surface area contributed by atoms with Crippen LogP contribution in [0.25, 0.3) is 6.08 Å². The van der Waals surface area contributed by atoms with Crippen molar-refractivity contribution < 1.29 is 19.0 Å². The summed E-state index contributed by atoms with van der Waals surface area (Å²) >= 11 is 0. The summed E-state index contributed by atoms with van der Waals surface area (Å²) in [6.45, 7) is 2.09. The van der Waals surface area contributed by atoms with Crippen molar-refractivity contribution in [1.82, 2.24) is 0 Å². The number of aryl methyl sites for hydroxylation is 1. The average Bonchev–Trinajstić information content (AvgIpc) is 2.87. The summed E-state index contributed by atoms with van der Waals surface area (Å²) in [6.07, 6.45) is 3.93. The van der Waals surface area contributed by atoms with Crippen LogP contribution >= 0.6 is 0 Å². The molecule has 0 saturated heterocycles. The highest BCUT2D eigenvalue weighted by Gasteiger charge is 2.31. The molecule has 1 unspecified atom stereocenters. The summed E-state index contributed by atoms with van der Waals surface area (Å²) in [5.74, 6) is 0.657. The number of fused-ring (bicyclic) bond motifs is 1. The molecule has 3 aromatic rings. The summed E-state index contributed by atoms with van der Waals surface area (Å²) in [5.41, 5.74) is 10.2. The van der Waals surface area contributed by atoms with E-state index in [4.69, 9.17) is 19.9 Å². The Bertz CT molecular complexity index is 1300. The molecule has 170 valence electrons. The fourth-order valence-electron chi connectivity index (χ4n) is 3.82. The second-order valence-corrected chi connectivity index (χ2v) is 7.75. The van der Waals surface area contributed by atoms with E-state index in [1.54, 1.807) is 31.4 Å². The number of hydrogen-bond donors (Lipinski definition) is 1. The molecule has 34 heavy (non-hydrogen) atoms. The van der Waals surface area contributed by atoms with Crippen LogP contribution in [0.2, 0.25) is 0 Å². The van der Waals surface area contributed by atoms with E-state index in [-0.39, 0.29) is 11.8 Å². The van der Waals surface area contributed by atoms with E-state index in [9.17, 15) is 10.1 Å². The van der Waals surface area contributed by atoms with E-state index in [2.05, 4.69) is 13.0 Å². The third-order valence-electron chi connectivity index (χ3n) is 5.66. The molecule has 1 atom stereocenters. The van der Waals surface area contributed by atoms with Gasteiger partial charge in [0.2, 0.25) is 5.88 Å². The van der Waals surface area contributed by atoms with Crippen LogP contribution in [-0.4, -0.2) is 13.1 Å². The topological polar surface area (TPSA) is 94.6 Å². The summed E-state index contributed by atoms with van der Waals surface area (Å²) < 4.78 is 16.3. The second-order valence-electron chi connectivity index (χ2n) is 7.75. The van der Waals surface area contributed by atoms with Gasteiger partial charge in [0, 0.05) is 17.7 Å². The van der Waals surface area contributed by atoms with E-state index in [1.165, 1.54) is 11.6 Å². The van der Waals surface area contributed by atoms with Crippen molar-refractivity contribution in [3.05, 3.63) is 107 Å². The van der Waals surface area contributed by atoms with Crippen LogP contribution in [-0.2, 0) is 11.2 Å². The molecular formula is C28H24N2O4. The first-order valence-electron chi connectivity index (χ1n) is 10.9. The molecule has 0 fully saturated rings. The summed E-state index contributed by atoms with van der Waals surface area (Å²) in [7, 11) is 1.60. The minimum atomic E-state index is -0.528. The van der Waals surface area contributed by atoms with Gasteiger partial charge in [-0.25, -0.2) is 4.79 Å². The molecule has 0 radical (unpaired) electrons. The van der Waals surface area contributed by atoms with Crippen LogP contribution in [0.4, 0.5) is 0 Å². The SMILES string of the molecule is CCc1ccc(C2C(C#N)=C(N)Oc3cc(OC(=O)/C=C/c4ccc(OC)cc4)ccc32)cc1. The third kappa shape index (κ3) is 4.79. The zero-order chi connectivity index (χ0) is 24.1. The van der Waals surface area contributed by atoms with Gasteiger partial charge in [-0.2, -0.15) is 5.26 Å². The number of carbonyl (C=O) groups is 1. The molecule has 1 aliphatic heterocycles. The number of nitrogens with two attached hydrogens (primary N) is 1. The molecule has 0 spiro atoms. The van der Waals surface area contributed by atoms with E-state index in [0.29, 0.717) is 17.1 Å². The molecule has 3 aromatic carbocycles. The van der Waals surface area contributed by atoms with Gasteiger partial charge in [-0.3, -0.25) is 0 Å². The quantitative estimate of drug-likeness (QED) is 0.318. The van der Waals surface area contributed by atoms with Crippen molar-refractivity contribution in [2.75, 3.05) is 7.11 Å². The molecule has 6 heteroatoms. The average molecular weight is 453 g/mol. The Kier molecular flexibility index (Phi) is 6.65. The summed E-state index contributed by atoms with van der Waals surface area (Å²) in [5, 5.41) is 9.72. The minimum absolute atomic E-state index is 0.0439. The number of esters is 1. The van der Waals surface area contributed by atoms with E-state index >= 15 is 0 Å². The molecule has 4 rings (SSSR count). The molecule has 0 bridgehead atoms. The van der Waals surface area contributed by atoms with Crippen molar-refractivity contribution in [1.29, 1.82) is 5.26 Å². The first-order chi connectivity index (χ1) is 16.5. The molecule has 2 N–H and O–H groups in total. The van der Waals surface area contributed by atoms with Crippen LogP contribution < -0.4 is 19.9 Å². The zero-order valence-corrected chi connectivity index (χ0v) is 18.9. The monoisotopic (exact) mass is 452 g/mol. The Hall–Kier alpha value is -4.50. The number of rotatable bonds is 6.